The molecule has 2 rings (SSSR count). The molecule has 0 fully saturated rings. The number of aldehydes is 1. The van der Waals surface area contributed by atoms with Crippen molar-refractivity contribution in [2.24, 2.45) is 0 Å². The van der Waals surface area contributed by atoms with Crippen LogP contribution in [0.5, 0.6) is 5.75 Å². The van der Waals surface area contributed by atoms with Gasteiger partial charge in [-0.05, 0) is 31.0 Å². The lowest BCUT2D eigenvalue weighted by Crippen LogP contribution is -2.05. The minimum atomic E-state index is -0.401. The molecule has 0 saturated heterocycles. The van der Waals surface area contributed by atoms with Crippen molar-refractivity contribution in [1.29, 1.82) is 0 Å². The Morgan fingerprint density at radius 3 is 2.61 bits per heavy atom. The topological polar surface area (TPSA) is 56.3 Å². The Labute approximate surface area is 105 Å². The SMILES string of the molecule is CC(=O)Oc1c(C)cc(C)c2ccc(C=O)nc12. The maximum Gasteiger partial charge on any atom is 0.308 e. The molecule has 0 saturated carbocycles. The third-order valence-electron chi connectivity index (χ3n) is 2.71. The second-order valence-corrected chi connectivity index (χ2v) is 4.18. The highest BCUT2D eigenvalue weighted by Gasteiger charge is 2.12. The number of aromatic nitrogens is 1. The van der Waals surface area contributed by atoms with Gasteiger partial charge < -0.3 is 4.74 Å². The average Bonchev–Trinajstić information content (AvgIpc) is 2.33. The summed E-state index contributed by atoms with van der Waals surface area (Å²) in [5.41, 5.74) is 2.72. The standard InChI is InChI=1S/C14H13NO3/c1-8-6-9(2)14(18-10(3)17)13-12(8)5-4-11(7-16)15-13/h4-7H,1-3H3. The smallest absolute Gasteiger partial charge is 0.308 e. The number of fused-ring (bicyclic) bond motifs is 1. The molecule has 1 aromatic carbocycles. The van der Waals surface area contributed by atoms with Gasteiger partial charge in [0.15, 0.2) is 12.0 Å². The van der Waals surface area contributed by atoms with E-state index in [9.17, 15) is 9.59 Å². The molecule has 0 radical (unpaired) electrons. The van der Waals surface area contributed by atoms with Crippen LogP contribution in [0, 0.1) is 13.8 Å². The maximum absolute atomic E-state index is 11.1. The summed E-state index contributed by atoms with van der Waals surface area (Å²) in [5.74, 6) is 0.0216. The van der Waals surface area contributed by atoms with Crippen LogP contribution in [0.4, 0.5) is 0 Å². The van der Waals surface area contributed by atoms with Crippen LogP contribution >= 0.6 is 0 Å². The number of carbonyl (C=O) groups is 2. The first kappa shape index (κ1) is 12.2. The number of carbonyl (C=O) groups excluding carboxylic acids is 2. The van der Waals surface area contributed by atoms with Gasteiger partial charge in [-0.2, -0.15) is 0 Å². The lowest BCUT2D eigenvalue weighted by atomic mass is 10.0. The first-order valence-electron chi connectivity index (χ1n) is 5.57. The molecule has 0 aliphatic carbocycles. The average molecular weight is 243 g/mol. The third kappa shape index (κ3) is 2.09. The van der Waals surface area contributed by atoms with Crippen molar-refractivity contribution in [1.82, 2.24) is 4.98 Å². The van der Waals surface area contributed by atoms with Crippen LogP contribution in [0.1, 0.15) is 28.5 Å². The van der Waals surface area contributed by atoms with Crippen LogP contribution < -0.4 is 4.74 Å². The van der Waals surface area contributed by atoms with Crippen LogP contribution in [0.15, 0.2) is 18.2 Å². The number of hydrogen-bond donors (Lipinski definition) is 0. The minimum Gasteiger partial charge on any atom is -0.424 e. The first-order valence-corrected chi connectivity index (χ1v) is 5.57. The Balaban J connectivity index is 2.80. The van der Waals surface area contributed by atoms with Gasteiger partial charge in [-0.15, -0.1) is 0 Å². The normalized spacial score (nSPS) is 10.4. The molecule has 4 heteroatoms. The summed E-state index contributed by atoms with van der Waals surface area (Å²) < 4.78 is 5.20. The number of hydrogen-bond acceptors (Lipinski definition) is 4. The van der Waals surface area contributed by atoms with Gasteiger partial charge in [0.1, 0.15) is 11.2 Å². The Kier molecular flexibility index (Phi) is 3.10. The zero-order valence-electron chi connectivity index (χ0n) is 10.5. The summed E-state index contributed by atoms with van der Waals surface area (Å²) >= 11 is 0. The second-order valence-electron chi connectivity index (χ2n) is 4.18. The molecule has 1 heterocycles. The monoisotopic (exact) mass is 243 g/mol. The third-order valence-corrected chi connectivity index (χ3v) is 2.71. The summed E-state index contributed by atoms with van der Waals surface area (Å²) in [6.07, 6.45) is 0.675. The molecule has 0 bridgehead atoms. The molecule has 0 amide bonds. The van der Waals surface area contributed by atoms with Crippen LogP contribution in [-0.2, 0) is 4.79 Å². The number of benzene rings is 1. The van der Waals surface area contributed by atoms with Gasteiger partial charge in [0.05, 0.1) is 0 Å². The van der Waals surface area contributed by atoms with Gasteiger partial charge in [0, 0.05) is 12.3 Å². The van der Waals surface area contributed by atoms with E-state index in [-0.39, 0.29) is 0 Å². The van der Waals surface area contributed by atoms with Crippen molar-refractivity contribution >= 4 is 23.2 Å². The minimum absolute atomic E-state index is 0.320. The van der Waals surface area contributed by atoms with Crippen LogP contribution in [0.25, 0.3) is 10.9 Å². The molecule has 0 unspecified atom stereocenters. The molecule has 2 aromatic rings. The zero-order chi connectivity index (χ0) is 13.3. The summed E-state index contributed by atoms with van der Waals surface area (Å²) in [4.78, 5) is 26.1. The molecule has 0 N–H and O–H groups in total. The summed E-state index contributed by atoms with van der Waals surface area (Å²) in [7, 11) is 0. The molecule has 92 valence electrons. The van der Waals surface area contributed by atoms with Crippen molar-refractivity contribution in [3.05, 3.63) is 35.0 Å². The molecule has 4 nitrogen and oxygen atoms in total. The fourth-order valence-electron chi connectivity index (χ4n) is 1.96. The largest absolute Gasteiger partial charge is 0.424 e. The fourth-order valence-corrected chi connectivity index (χ4v) is 1.96. The van der Waals surface area contributed by atoms with Gasteiger partial charge in [-0.3, -0.25) is 9.59 Å². The Hall–Kier alpha value is -2.23. The van der Waals surface area contributed by atoms with Gasteiger partial charge >= 0.3 is 5.97 Å². The lowest BCUT2D eigenvalue weighted by molar-refractivity contribution is -0.131. The summed E-state index contributed by atoms with van der Waals surface area (Å²) in [5, 5.41) is 0.877. The van der Waals surface area contributed by atoms with E-state index in [0.29, 0.717) is 23.2 Å². The van der Waals surface area contributed by atoms with E-state index < -0.39 is 5.97 Å². The fraction of sp³-hybridized carbons (Fsp3) is 0.214. The zero-order valence-corrected chi connectivity index (χ0v) is 10.5. The molecule has 0 aliphatic rings. The number of aryl methyl sites for hydroxylation is 2. The Morgan fingerprint density at radius 1 is 1.28 bits per heavy atom. The number of ether oxygens (including phenoxy) is 1. The van der Waals surface area contributed by atoms with Gasteiger partial charge in [0.25, 0.3) is 0 Å². The van der Waals surface area contributed by atoms with E-state index in [1.807, 2.05) is 26.0 Å². The number of pyridine rings is 1. The maximum atomic E-state index is 11.1. The molecule has 0 spiro atoms. The van der Waals surface area contributed by atoms with Crippen molar-refractivity contribution in [2.45, 2.75) is 20.8 Å². The van der Waals surface area contributed by atoms with Crippen molar-refractivity contribution in [3.8, 4) is 5.75 Å². The van der Waals surface area contributed by atoms with E-state index in [1.54, 1.807) is 6.07 Å². The van der Waals surface area contributed by atoms with E-state index in [1.165, 1.54) is 6.92 Å². The second kappa shape index (κ2) is 4.56. The highest BCUT2D eigenvalue weighted by atomic mass is 16.5. The van der Waals surface area contributed by atoms with E-state index >= 15 is 0 Å². The molecular formula is C14H13NO3. The van der Waals surface area contributed by atoms with Gasteiger partial charge in [0.2, 0.25) is 0 Å². The van der Waals surface area contributed by atoms with E-state index in [4.69, 9.17) is 4.74 Å². The highest BCUT2D eigenvalue weighted by Crippen LogP contribution is 2.30. The van der Waals surface area contributed by atoms with Gasteiger partial charge in [-0.1, -0.05) is 12.1 Å². The van der Waals surface area contributed by atoms with E-state index in [2.05, 4.69) is 4.98 Å². The van der Waals surface area contributed by atoms with E-state index in [0.717, 1.165) is 16.5 Å². The molecule has 1 aromatic heterocycles. The predicted octanol–water partition coefficient (Wildman–Crippen LogP) is 2.59. The predicted molar refractivity (Wildman–Crippen MR) is 67.9 cm³/mol. The molecular weight excluding hydrogens is 230 g/mol. The first-order chi connectivity index (χ1) is 8.52. The highest BCUT2D eigenvalue weighted by molar-refractivity contribution is 5.92. The van der Waals surface area contributed by atoms with Crippen molar-refractivity contribution < 1.29 is 14.3 Å². The Morgan fingerprint density at radius 2 is 2.00 bits per heavy atom. The molecule has 18 heavy (non-hydrogen) atoms. The van der Waals surface area contributed by atoms with Crippen LogP contribution in [-0.4, -0.2) is 17.2 Å². The summed E-state index contributed by atoms with van der Waals surface area (Å²) in [6.45, 7) is 5.14. The van der Waals surface area contributed by atoms with Crippen molar-refractivity contribution in [2.75, 3.05) is 0 Å². The van der Waals surface area contributed by atoms with Crippen LogP contribution in [0.3, 0.4) is 0 Å². The Bertz CT molecular complexity index is 647. The number of nitrogens with zero attached hydrogens (tertiary/aromatic N) is 1. The number of esters is 1. The number of rotatable bonds is 2. The van der Waals surface area contributed by atoms with Crippen LogP contribution in [0.2, 0.25) is 0 Å². The molecule has 0 aliphatic heterocycles. The molecule has 0 atom stereocenters. The van der Waals surface area contributed by atoms with Gasteiger partial charge in [-0.25, -0.2) is 4.98 Å². The van der Waals surface area contributed by atoms with Crippen molar-refractivity contribution in [3.63, 3.8) is 0 Å². The lowest BCUT2D eigenvalue weighted by Gasteiger charge is -2.11. The summed E-state index contributed by atoms with van der Waals surface area (Å²) in [6, 6.07) is 5.39. The quantitative estimate of drug-likeness (QED) is 0.462.